The normalized spacial score (nSPS) is 17.2. The van der Waals surface area contributed by atoms with E-state index in [2.05, 4.69) is 24.0 Å². The molecule has 31 heavy (non-hydrogen) atoms. The molecule has 0 unspecified atom stereocenters. The summed E-state index contributed by atoms with van der Waals surface area (Å²) in [6.45, 7) is 6.05. The second kappa shape index (κ2) is 9.94. The summed E-state index contributed by atoms with van der Waals surface area (Å²) in [4.78, 5) is 18.9. The number of likely N-dealkylation sites (N-methyl/N-ethyl adjacent to an activating group) is 1. The fourth-order valence-electron chi connectivity index (χ4n) is 4.70. The van der Waals surface area contributed by atoms with Crippen molar-refractivity contribution < 1.29 is 14.1 Å². The minimum absolute atomic E-state index is 0.205. The van der Waals surface area contributed by atoms with Crippen LogP contribution in [0.15, 0.2) is 4.52 Å². The molecular formula is C23H35N5O3. The van der Waals surface area contributed by atoms with Crippen LogP contribution in [-0.2, 0) is 29.0 Å². The van der Waals surface area contributed by atoms with Crippen LogP contribution in [0.1, 0.15) is 81.9 Å². The summed E-state index contributed by atoms with van der Waals surface area (Å²) < 4.78 is 13.2. The Hall–Kier alpha value is -2.22. The molecule has 0 saturated heterocycles. The van der Waals surface area contributed by atoms with Gasteiger partial charge >= 0.3 is 0 Å². The van der Waals surface area contributed by atoms with E-state index in [1.54, 1.807) is 4.90 Å². The van der Waals surface area contributed by atoms with E-state index in [0.29, 0.717) is 44.3 Å². The van der Waals surface area contributed by atoms with E-state index in [1.807, 2.05) is 11.7 Å². The van der Waals surface area contributed by atoms with Crippen molar-refractivity contribution in [3.63, 3.8) is 0 Å². The molecule has 0 N–H and O–H groups in total. The first kappa shape index (κ1) is 22.0. The maximum atomic E-state index is 12.5. The third-order valence-electron chi connectivity index (χ3n) is 6.60. The van der Waals surface area contributed by atoms with Crippen molar-refractivity contribution in [3.05, 3.63) is 17.1 Å². The Morgan fingerprint density at radius 3 is 2.84 bits per heavy atom. The Labute approximate surface area is 184 Å². The Morgan fingerprint density at radius 1 is 1.26 bits per heavy atom. The van der Waals surface area contributed by atoms with Gasteiger partial charge in [0.15, 0.2) is 11.5 Å². The van der Waals surface area contributed by atoms with Crippen LogP contribution in [0, 0.1) is 5.92 Å². The van der Waals surface area contributed by atoms with Crippen LogP contribution < -0.4 is 0 Å². The van der Waals surface area contributed by atoms with Crippen molar-refractivity contribution in [2.75, 3.05) is 20.2 Å². The second-order valence-corrected chi connectivity index (χ2v) is 9.24. The quantitative estimate of drug-likeness (QED) is 0.632. The first-order valence-corrected chi connectivity index (χ1v) is 11.8. The van der Waals surface area contributed by atoms with E-state index in [4.69, 9.17) is 14.4 Å². The molecule has 170 valence electrons. The van der Waals surface area contributed by atoms with Crippen molar-refractivity contribution in [2.24, 2.45) is 5.92 Å². The number of hydrogen-bond acceptors (Lipinski definition) is 6. The van der Waals surface area contributed by atoms with Gasteiger partial charge in [-0.3, -0.25) is 9.48 Å². The molecule has 2 aromatic rings. The number of carbonyl (C=O) groups is 1. The Kier molecular flexibility index (Phi) is 7.05. The number of carbonyl (C=O) groups excluding carboxylic acids is 1. The minimum Gasteiger partial charge on any atom is -0.376 e. The summed E-state index contributed by atoms with van der Waals surface area (Å²) >= 11 is 0. The summed E-state index contributed by atoms with van der Waals surface area (Å²) in [7, 11) is 1.86. The maximum absolute atomic E-state index is 12.5. The highest BCUT2D eigenvalue weighted by atomic mass is 16.5. The lowest BCUT2D eigenvalue weighted by Gasteiger charge is -2.22. The first-order chi connectivity index (χ1) is 15.0. The van der Waals surface area contributed by atoms with Crippen molar-refractivity contribution in [2.45, 2.75) is 84.3 Å². The number of hydrogen-bond donors (Lipinski definition) is 0. The molecule has 1 saturated carbocycles. The molecule has 2 aliphatic rings. The van der Waals surface area contributed by atoms with Crippen LogP contribution in [-0.4, -0.2) is 50.9 Å². The molecular weight excluding hydrogens is 394 g/mol. The average molecular weight is 430 g/mol. The largest absolute Gasteiger partial charge is 0.376 e. The van der Waals surface area contributed by atoms with Gasteiger partial charge in [-0.2, -0.15) is 10.1 Å². The molecule has 1 aliphatic heterocycles. The van der Waals surface area contributed by atoms with Crippen LogP contribution in [0.4, 0.5) is 0 Å². The molecule has 1 amide bonds. The van der Waals surface area contributed by atoms with Crippen molar-refractivity contribution in [3.8, 4) is 11.6 Å². The Bertz CT molecular complexity index is 882. The molecule has 0 bridgehead atoms. The van der Waals surface area contributed by atoms with Gasteiger partial charge in [-0.05, 0) is 26.2 Å². The third kappa shape index (κ3) is 5.17. The highest BCUT2D eigenvalue weighted by molar-refractivity contribution is 5.75. The fourth-order valence-corrected chi connectivity index (χ4v) is 4.70. The second-order valence-electron chi connectivity index (χ2n) is 9.24. The van der Waals surface area contributed by atoms with Crippen molar-refractivity contribution in [1.29, 1.82) is 0 Å². The maximum Gasteiger partial charge on any atom is 0.278 e. The van der Waals surface area contributed by atoms with Gasteiger partial charge in [0.05, 0.1) is 13.2 Å². The van der Waals surface area contributed by atoms with E-state index < -0.39 is 0 Å². The third-order valence-corrected chi connectivity index (χ3v) is 6.60. The lowest BCUT2D eigenvalue weighted by Crippen LogP contribution is -2.29. The predicted molar refractivity (Wildman–Crippen MR) is 116 cm³/mol. The summed E-state index contributed by atoms with van der Waals surface area (Å²) in [6.07, 6.45) is 9.62. The average Bonchev–Trinajstić information content (AvgIpc) is 3.41. The van der Waals surface area contributed by atoms with Gasteiger partial charge in [0.2, 0.25) is 5.91 Å². The lowest BCUT2D eigenvalue weighted by molar-refractivity contribution is -0.130. The van der Waals surface area contributed by atoms with Crippen LogP contribution in [0.25, 0.3) is 11.6 Å². The number of amides is 1. The molecule has 2 aromatic heterocycles. The molecule has 1 aliphatic carbocycles. The van der Waals surface area contributed by atoms with E-state index in [-0.39, 0.29) is 11.9 Å². The number of aromatic nitrogens is 4. The summed E-state index contributed by atoms with van der Waals surface area (Å²) in [6, 6.07) is 0.260. The van der Waals surface area contributed by atoms with Gasteiger partial charge in [-0.15, -0.1) is 0 Å². The molecule has 8 nitrogen and oxygen atoms in total. The van der Waals surface area contributed by atoms with Crippen LogP contribution in [0.5, 0.6) is 0 Å². The van der Waals surface area contributed by atoms with E-state index >= 15 is 0 Å². The van der Waals surface area contributed by atoms with E-state index in [0.717, 1.165) is 30.0 Å². The Morgan fingerprint density at radius 2 is 2.06 bits per heavy atom. The number of fused-ring (bicyclic) bond motifs is 1. The van der Waals surface area contributed by atoms with E-state index in [1.165, 1.54) is 37.8 Å². The van der Waals surface area contributed by atoms with Crippen LogP contribution in [0.3, 0.4) is 0 Å². The first-order valence-electron chi connectivity index (χ1n) is 11.8. The molecule has 4 rings (SSSR count). The highest BCUT2D eigenvalue weighted by Gasteiger charge is 2.26. The topological polar surface area (TPSA) is 86.3 Å². The van der Waals surface area contributed by atoms with Gasteiger partial charge < -0.3 is 14.2 Å². The fraction of sp³-hybridized carbons (Fsp3) is 0.739. The molecule has 0 atom stereocenters. The van der Waals surface area contributed by atoms with Gasteiger partial charge in [0.25, 0.3) is 5.89 Å². The molecule has 1 fully saturated rings. The molecule has 0 radical (unpaired) electrons. The molecule has 0 aromatic carbocycles. The van der Waals surface area contributed by atoms with Crippen molar-refractivity contribution >= 4 is 5.91 Å². The highest BCUT2D eigenvalue weighted by Crippen LogP contribution is 2.30. The molecule has 8 heteroatoms. The monoisotopic (exact) mass is 429 g/mol. The zero-order valence-electron chi connectivity index (χ0n) is 19.1. The number of ether oxygens (including phenoxy) is 1. The van der Waals surface area contributed by atoms with Crippen LogP contribution >= 0.6 is 0 Å². The van der Waals surface area contributed by atoms with Crippen LogP contribution in [0.2, 0.25) is 0 Å². The number of nitrogens with zero attached hydrogens (tertiary/aromatic N) is 5. The Balaban J connectivity index is 1.33. The summed E-state index contributed by atoms with van der Waals surface area (Å²) in [5.74, 6) is 1.97. The van der Waals surface area contributed by atoms with Gasteiger partial charge in [-0.25, -0.2) is 0 Å². The number of rotatable bonds is 8. The summed E-state index contributed by atoms with van der Waals surface area (Å²) in [5.41, 5.74) is 2.96. The standard InChI is InChI=1S/C23H35N5O3/c1-16(2)28-19-12-14-30-15-18(19)22(25-28)23-24-20(26-31-23)11-13-27(3)21(29)10-9-17-7-5-4-6-8-17/h16-17H,4-15H2,1-3H3. The van der Waals surface area contributed by atoms with Gasteiger partial charge in [0.1, 0.15) is 0 Å². The molecule has 0 spiro atoms. The predicted octanol–water partition coefficient (Wildman–Crippen LogP) is 3.95. The zero-order chi connectivity index (χ0) is 21.8. The minimum atomic E-state index is 0.205. The smallest absolute Gasteiger partial charge is 0.278 e. The van der Waals surface area contributed by atoms with Gasteiger partial charge in [-0.1, -0.05) is 37.3 Å². The zero-order valence-corrected chi connectivity index (χ0v) is 19.1. The van der Waals surface area contributed by atoms with E-state index in [9.17, 15) is 4.79 Å². The molecule has 3 heterocycles. The summed E-state index contributed by atoms with van der Waals surface area (Å²) in [5, 5.41) is 8.88. The lowest BCUT2D eigenvalue weighted by atomic mass is 9.86. The SMILES string of the molecule is CC(C)n1nc(-c2nc(CCN(C)C(=O)CCC3CCCCC3)no2)c2c1CCOC2. The van der Waals surface area contributed by atoms with Gasteiger partial charge in [0, 0.05) is 50.2 Å². The van der Waals surface area contributed by atoms with Crippen molar-refractivity contribution in [1.82, 2.24) is 24.8 Å².